The molecule has 0 N–H and O–H groups in total. The fourth-order valence-corrected chi connectivity index (χ4v) is 8.64. The van der Waals surface area contributed by atoms with E-state index in [4.69, 9.17) is 14.2 Å². The Morgan fingerprint density at radius 2 is 0.494 bits per heavy atom. The normalized spacial score (nSPS) is 13.1. The molecule has 0 amide bonds. The summed E-state index contributed by atoms with van der Waals surface area (Å²) in [7, 11) is 0. The van der Waals surface area contributed by atoms with Gasteiger partial charge < -0.3 is 14.2 Å². The van der Waals surface area contributed by atoms with Crippen LogP contribution in [0.2, 0.25) is 0 Å². The van der Waals surface area contributed by atoms with Crippen molar-refractivity contribution in [3.63, 3.8) is 0 Å². The van der Waals surface area contributed by atoms with Gasteiger partial charge in [-0.2, -0.15) is 0 Å². The average Bonchev–Trinajstić information content (AvgIpc) is 3.45. The highest BCUT2D eigenvalue weighted by Crippen LogP contribution is 2.16. The molecule has 0 heterocycles. The van der Waals surface area contributed by atoms with E-state index in [0.717, 1.165) is 128 Å². The Balaban J connectivity index is 4.29. The summed E-state index contributed by atoms with van der Waals surface area (Å²) >= 11 is 0. The number of carbonyl (C=O) groups is 3. The maximum atomic E-state index is 12.8. The number of hydrogen-bond donors (Lipinski definition) is 0. The van der Waals surface area contributed by atoms with Crippen LogP contribution in [0.15, 0.2) is 146 Å². The molecule has 0 bridgehead atoms. The van der Waals surface area contributed by atoms with E-state index in [-0.39, 0.29) is 31.6 Å². The summed E-state index contributed by atoms with van der Waals surface area (Å²) in [4.78, 5) is 38.2. The lowest BCUT2D eigenvalue weighted by molar-refractivity contribution is -0.166. The van der Waals surface area contributed by atoms with E-state index in [1.54, 1.807) is 6.08 Å². The summed E-state index contributed by atoms with van der Waals surface area (Å²) in [6.07, 6.45) is 94.7. The van der Waals surface area contributed by atoms with Crippen molar-refractivity contribution in [3.05, 3.63) is 146 Å². The first kappa shape index (κ1) is 74.3. The lowest BCUT2D eigenvalue weighted by Gasteiger charge is -2.18. The number of carbonyl (C=O) groups excluding carboxylic acids is 3. The van der Waals surface area contributed by atoms with Crippen molar-refractivity contribution in [3.8, 4) is 0 Å². The van der Waals surface area contributed by atoms with Gasteiger partial charge in [0.2, 0.25) is 0 Å². The second-order valence-corrected chi connectivity index (χ2v) is 20.9. The van der Waals surface area contributed by atoms with Crippen LogP contribution in [0.1, 0.15) is 278 Å². The van der Waals surface area contributed by atoms with Crippen LogP contribution in [-0.2, 0) is 28.6 Å². The summed E-state index contributed by atoms with van der Waals surface area (Å²) in [5.74, 6) is -1.07. The predicted molar refractivity (Wildman–Crippen MR) is 343 cm³/mol. The van der Waals surface area contributed by atoms with Crippen LogP contribution >= 0.6 is 0 Å². The summed E-state index contributed by atoms with van der Waals surface area (Å²) < 4.78 is 16.8. The highest BCUT2D eigenvalue weighted by molar-refractivity contribution is 5.72. The van der Waals surface area contributed by atoms with E-state index in [2.05, 4.69) is 154 Å². The van der Waals surface area contributed by atoms with Gasteiger partial charge in [-0.1, -0.05) is 289 Å². The Kier molecular flexibility index (Phi) is 61.9. The minimum atomic E-state index is -0.845. The zero-order chi connectivity index (χ0) is 57.1. The van der Waals surface area contributed by atoms with Crippen molar-refractivity contribution in [2.75, 3.05) is 13.2 Å². The lowest BCUT2D eigenvalue weighted by Crippen LogP contribution is -2.30. The van der Waals surface area contributed by atoms with Crippen molar-refractivity contribution >= 4 is 17.9 Å². The summed E-state index contributed by atoms with van der Waals surface area (Å²) in [5, 5.41) is 0. The van der Waals surface area contributed by atoms with E-state index >= 15 is 0 Å². The van der Waals surface area contributed by atoms with Crippen LogP contribution in [0, 0.1) is 0 Å². The second-order valence-electron chi connectivity index (χ2n) is 20.9. The number of esters is 3. The van der Waals surface area contributed by atoms with Crippen molar-refractivity contribution in [1.29, 1.82) is 0 Å². The molecule has 79 heavy (non-hydrogen) atoms. The predicted octanol–water partition coefficient (Wildman–Crippen LogP) is 22.3. The van der Waals surface area contributed by atoms with E-state index in [0.29, 0.717) is 19.3 Å². The number of hydrogen-bond acceptors (Lipinski definition) is 6. The Labute approximate surface area is 487 Å². The molecule has 0 spiro atoms. The highest BCUT2D eigenvalue weighted by atomic mass is 16.6. The molecule has 6 nitrogen and oxygen atoms in total. The van der Waals surface area contributed by atoms with Crippen molar-refractivity contribution < 1.29 is 28.6 Å². The van der Waals surface area contributed by atoms with Crippen LogP contribution in [0.3, 0.4) is 0 Å². The number of unbranched alkanes of at least 4 members (excludes halogenated alkanes) is 23. The standard InChI is InChI=1S/C73H118O6/c1-4-7-10-13-16-19-22-25-28-29-30-31-32-33-34-35-36-37-38-39-40-41-42-43-46-48-51-54-57-60-63-66-72(75)78-69-70(79-73(76)67-64-61-58-55-52-49-45-27-24-21-18-15-12-9-6-3)68-77-71(74)65-62-59-56-53-50-47-44-26-23-20-17-14-11-8-5-2/h7-12,16-21,25-28,30-31,44-45,52,55,61,64,70H,4-6,13-15,22-24,29,32-43,46-51,53-54,56-60,62-63,65-69H2,1-3H3/b10-7-,11-8-,12-9-,19-16-,20-17-,21-18-,28-25-,31-30-,44-26-,45-27-,55-52-,64-61-. The molecule has 0 fully saturated rings. The van der Waals surface area contributed by atoms with Gasteiger partial charge >= 0.3 is 17.9 Å². The molecule has 0 radical (unpaired) electrons. The molecule has 6 heteroatoms. The first-order chi connectivity index (χ1) is 39.0. The van der Waals surface area contributed by atoms with Gasteiger partial charge in [-0.25, -0.2) is 0 Å². The van der Waals surface area contributed by atoms with Crippen molar-refractivity contribution in [1.82, 2.24) is 0 Å². The Morgan fingerprint density at radius 3 is 0.772 bits per heavy atom. The Hall–Kier alpha value is -4.71. The monoisotopic (exact) mass is 1090 g/mol. The molecule has 446 valence electrons. The molecular formula is C73H118O6. The van der Waals surface area contributed by atoms with E-state index in [1.165, 1.54) is 103 Å². The number of rotatable bonds is 57. The summed E-state index contributed by atoms with van der Waals surface area (Å²) in [6.45, 7) is 6.21. The summed E-state index contributed by atoms with van der Waals surface area (Å²) in [6, 6.07) is 0. The van der Waals surface area contributed by atoms with Crippen LogP contribution < -0.4 is 0 Å². The topological polar surface area (TPSA) is 78.9 Å². The van der Waals surface area contributed by atoms with Gasteiger partial charge in [-0.15, -0.1) is 0 Å². The van der Waals surface area contributed by atoms with E-state index < -0.39 is 12.1 Å². The maximum absolute atomic E-state index is 12.8. The molecular weight excluding hydrogens is 973 g/mol. The number of ether oxygens (including phenoxy) is 3. The summed E-state index contributed by atoms with van der Waals surface area (Å²) in [5.41, 5.74) is 0. The van der Waals surface area contributed by atoms with Crippen LogP contribution in [-0.4, -0.2) is 37.2 Å². The molecule has 0 aromatic rings. The van der Waals surface area contributed by atoms with Crippen LogP contribution in [0.25, 0.3) is 0 Å². The fourth-order valence-electron chi connectivity index (χ4n) is 8.64. The SMILES string of the molecule is CC/C=C\C/C=C\C/C=C\C/C=C\C/C=C\CC(=O)OC(COC(=O)CCCCCCC/C=C\C/C=C\C/C=C\CC)COC(=O)CCCCCCCCCCCCCCCCCCCC/C=C\C/C=C\C/C=C\C/C=C\CC. The third kappa shape index (κ3) is 64.0. The maximum Gasteiger partial charge on any atom is 0.310 e. The third-order valence-corrected chi connectivity index (χ3v) is 13.4. The molecule has 0 aliphatic heterocycles. The first-order valence-corrected chi connectivity index (χ1v) is 32.3. The van der Waals surface area contributed by atoms with Gasteiger partial charge in [-0.3, -0.25) is 14.4 Å². The van der Waals surface area contributed by atoms with Crippen LogP contribution in [0.5, 0.6) is 0 Å². The molecule has 0 aromatic carbocycles. The molecule has 0 saturated heterocycles. The molecule has 0 aliphatic carbocycles. The number of allylic oxidation sites excluding steroid dienone is 23. The molecule has 1 atom stereocenters. The second kappa shape index (κ2) is 65.8. The fraction of sp³-hybridized carbons (Fsp3) is 0.630. The molecule has 0 aliphatic rings. The van der Waals surface area contributed by atoms with Gasteiger partial charge in [0.15, 0.2) is 6.10 Å². The quantitative estimate of drug-likeness (QED) is 0.0261. The van der Waals surface area contributed by atoms with Crippen LogP contribution in [0.4, 0.5) is 0 Å². The smallest absolute Gasteiger partial charge is 0.310 e. The minimum absolute atomic E-state index is 0.0888. The van der Waals surface area contributed by atoms with Gasteiger partial charge in [0.05, 0.1) is 6.42 Å². The Bertz CT molecular complexity index is 1730. The van der Waals surface area contributed by atoms with Gasteiger partial charge in [0.25, 0.3) is 0 Å². The van der Waals surface area contributed by atoms with Gasteiger partial charge in [0.1, 0.15) is 13.2 Å². The first-order valence-electron chi connectivity index (χ1n) is 32.3. The largest absolute Gasteiger partial charge is 0.462 e. The van der Waals surface area contributed by atoms with Gasteiger partial charge in [0, 0.05) is 12.8 Å². The zero-order valence-electron chi connectivity index (χ0n) is 51.1. The van der Waals surface area contributed by atoms with E-state index in [9.17, 15) is 14.4 Å². The Morgan fingerprint density at radius 1 is 0.266 bits per heavy atom. The molecule has 0 aromatic heterocycles. The molecule has 0 saturated carbocycles. The minimum Gasteiger partial charge on any atom is -0.462 e. The lowest BCUT2D eigenvalue weighted by atomic mass is 10.0. The van der Waals surface area contributed by atoms with E-state index in [1.807, 2.05) is 6.08 Å². The average molecular weight is 1090 g/mol. The van der Waals surface area contributed by atoms with Crippen molar-refractivity contribution in [2.24, 2.45) is 0 Å². The third-order valence-electron chi connectivity index (χ3n) is 13.4. The molecule has 0 rings (SSSR count). The zero-order valence-corrected chi connectivity index (χ0v) is 51.1. The highest BCUT2D eigenvalue weighted by Gasteiger charge is 2.19. The van der Waals surface area contributed by atoms with Gasteiger partial charge in [-0.05, 0) is 116 Å². The molecule has 1 unspecified atom stereocenters. The van der Waals surface area contributed by atoms with Crippen molar-refractivity contribution in [2.45, 2.75) is 284 Å².